The number of nitrogens with two attached hydrogens (primary N) is 1. The van der Waals surface area contributed by atoms with Gasteiger partial charge in [0.05, 0.1) is 6.04 Å². The molecule has 0 saturated heterocycles. The van der Waals surface area contributed by atoms with Crippen LogP contribution >= 0.6 is 0 Å². The number of carbonyl (C=O) groups excluding carboxylic acids is 1. The number of likely N-dealkylation sites (N-methyl/N-ethyl adjacent to an activating group) is 1. The van der Waals surface area contributed by atoms with Crippen LogP contribution in [0.25, 0.3) is 0 Å². The van der Waals surface area contributed by atoms with Crippen LogP contribution in [0.5, 0.6) is 0 Å². The summed E-state index contributed by atoms with van der Waals surface area (Å²) in [6, 6.07) is 8.07. The van der Waals surface area contributed by atoms with Gasteiger partial charge in [-0.25, -0.2) is 0 Å². The Hall–Kier alpha value is -1.55. The van der Waals surface area contributed by atoms with E-state index in [0.717, 1.165) is 30.6 Å². The predicted octanol–water partition coefficient (Wildman–Crippen LogP) is 2.15. The molecular weight excluding hydrogens is 250 g/mol. The number of hydrogen-bond donors (Lipinski definition) is 2. The lowest BCUT2D eigenvalue weighted by Crippen LogP contribution is -2.46. The quantitative estimate of drug-likeness (QED) is 0.810. The van der Waals surface area contributed by atoms with E-state index in [4.69, 9.17) is 5.73 Å². The SMILES string of the molecule is CC(C(=O)NC1CCCC1)N(C)Cc1cccc(N)c1. The Morgan fingerprint density at radius 1 is 1.45 bits per heavy atom. The fourth-order valence-electron chi connectivity index (χ4n) is 2.71. The molecule has 20 heavy (non-hydrogen) atoms. The summed E-state index contributed by atoms with van der Waals surface area (Å²) in [5, 5.41) is 3.15. The van der Waals surface area contributed by atoms with Crippen molar-refractivity contribution < 1.29 is 4.79 Å². The highest BCUT2D eigenvalue weighted by Gasteiger charge is 2.23. The highest BCUT2D eigenvalue weighted by Crippen LogP contribution is 2.18. The molecule has 1 amide bonds. The lowest BCUT2D eigenvalue weighted by molar-refractivity contribution is -0.126. The summed E-state index contributed by atoms with van der Waals surface area (Å²) in [5.74, 6) is 0.128. The molecule has 1 aliphatic rings. The van der Waals surface area contributed by atoms with E-state index in [1.807, 2.05) is 38.2 Å². The first-order chi connectivity index (χ1) is 9.56. The maximum Gasteiger partial charge on any atom is 0.237 e. The third kappa shape index (κ3) is 3.97. The fourth-order valence-corrected chi connectivity index (χ4v) is 2.71. The molecule has 3 N–H and O–H groups in total. The number of carbonyl (C=O) groups is 1. The van der Waals surface area contributed by atoms with Crippen LogP contribution in [0.3, 0.4) is 0 Å². The second-order valence-electron chi connectivity index (χ2n) is 5.83. The van der Waals surface area contributed by atoms with Gasteiger partial charge in [-0.15, -0.1) is 0 Å². The third-order valence-corrected chi connectivity index (χ3v) is 4.13. The van der Waals surface area contributed by atoms with E-state index >= 15 is 0 Å². The number of nitrogens with zero attached hydrogens (tertiary/aromatic N) is 1. The third-order valence-electron chi connectivity index (χ3n) is 4.13. The molecule has 0 heterocycles. The summed E-state index contributed by atoms with van der Waals surface area (Å²) in [6.07, 6.45) is 4.71. The van der Waals surface area contributed by atoms with Crippen LogP contribution in [-0.2, 0) is 11.3 Å². The minimum Gasteiger partial charge on any atom is -0.399 e. The summed E-state index contributed by atoms with van der Waals surface area (Å²) in [5.41, 5.74) is 7.68. The van der Waals surface area contributed by atoms with Gasteiger partial charge in [-0.1, -0.05) is 25.0 Å². The molecule has 4 nitrogen and oxygen atoms in total. The fraction of sp³-hybridized carbons (Fsp3) is 0.562. The van der Waals surface area contributed by atoms with E-state index in [1.165, 1.54) is 12.8 Å². The topological polar surface area (TPSA) is 58.4 Å². The van der Waals surface area contributed by atoms with Crippen molar-refractivity contribution in [2.45, 2.75) is 51.2 Å². The molecule has 1 aromatic rings. The van der Waals surface area contributed by atoms with E-state index in [0.29, 0.717) is 6.04 Å². The number of nitrogen functional groups attached to an aromatic ring is 1. The smallest absolute Gasteiger partial charge is 0.237 e. The van der Waals surface area contributed by atoms with Gasteiger partial charge in [-0.2, -0.15) is 0 Å². The standard InChI is InChI=1S/C16H25N3O/c1-12(16(20)18-15-8-3-4-9-15)19(2)11-13-6-5-7-14(17)10-13/h5-7,10,12,15H,3-4,8-9,11,17H2,1-2H3,(H,18,20). The van der Waals surface area contributed by atoms with Crippen LogP contribution in [-0.4, -0.2) is 29.9 Å². The van der Waals surface area contributed by atoms with Crippen molar-refractivity contribution >= 4 is 11.6 Å². The largest absolute Gasteiger partial charge is 0.399 e. The molecule has 1 unspecified atom stereocenters. The van der Waals surface area contributed by atoms with Gasteiger partial charge < -0.3 is 11.1 Å². The molecule has 1 aliphatic carbocycles. The van der Waals surface area contributed by atoms with E-state index in [2.05, 4.69) is 10.2 Å². The summed E-state index contributed by atoms with van der Waals surface area (Å²) in [7, 11) is 1.97. The Morgan fingerprint density at radius 2 is 2.15 bits per heavy atom. The Morgan fingerprint density at radius 3 is 2.80 bits per heavy atom. The van der Waals surface area contributed by atoms with Gasteiger partial charge in [0.1, 0.15) is 0 Å². The van der Waals surface area contributed by atoms with E-state index < -0.39 is 0 Å². The van der Waals surface area contributed by atoms with Crippen molar-refractivity contribution in [1.82, 2.24) is 10.2 Å². The molecule has 0 spiro atoms. The van der Waals surface area contributed by atoms with Gasteiger partial charge in [-0.05, 0) is 44.5 Å². The zero-order chi connectivity index (χ0) is 14.5. The molecule has 1 atom stereocenters. The molecular formula is C16H25N3O. The van der Waals surface area contributed by atoms with Crippen molar-refractivity contribution in [3.8, 4) is 0 Å². The Labute approximate surface area is 121 Å². The van der Waals surface area contributed by atoms with Crippen LogP contribution in [0, 0.1) is 0 Å². The number of nitrogens with one attached hydrogen (secondary N) is 1. The number of hydrogen-bond acceptors (Lipinski definition) is 3. The van der Waals surface area contributed by atoms with Crippen LogP contribution in [0.1, 0.15) is 38.2 Å². The van der Waals surface area contributed by atoms with Crippen LogP contribution in [0.2, 0.25) is 0 Å². The van der Waals surface area contributed by atoms with E-state index in [-0.39, 0.29) is 11.9 Å². The molecule has 2 rings (SSSR count). The van der Waals surface area contributed by atoms with Gasteiger partial charge in [-0.3, -0.25) is 9.69 Å². The number of anilines is 1. The molecule has 1 fully saturated rings. The average molecular weight is 275 g/mol. The number of amides is 1. The molecule has 1 saturated carbocycles. The molecule has 0 bridgehead atoms. The molecule has 0 radical (unpaired) electrons. The van der Waals surface area contributed by atoms with Gasteiger partial charge in [0.15, 0.2) is 0 Å². The normalized spacial score (nSPS) is 17.4. The van der Waals surface area contributed by atoms with Crippen LogP contribution in [0.15, 0.2) is 24.3 Å². The minimum absolute atomic E-state index is 0.128. The summed E-state index contributed by atoms with van der Waals surface area (Å²) in [6.45, 7) is 2.68. The first-order valence-electron chi connectivity index (χ1n) is 7.41. The summed E-state index contributed by atoms with van der Waals surface area (Å²) < 4.78 is 0. The zero-order valence-electron chi connectivity index (χ0n) is 12.4. The lowest BCUT2D eigenvalue weighted by atomic mass is 10.1. The lowest BCUT2D eigenvalue weighted by Gasteiger charge is -2.25. The molecule has 0 aromatic heterocycles. The Kier molecular flexibility index (Phi) is 5.01. The van der Waals surface area contributed by atoms with Crippen molar-refractivity contribution in [2.75, 3.05) is 12.8 Å². The van der Waals surface area contributed by atoms with Gasteiger partial charge >= 0.3 is 0 Å². The second kappa shape index (κ2) is 6.75. The van der Waals surface area contributed by atoms with Crippen molar-refractivity contribution in [1.29, 1.82) is 0 Å². The van der Waals surface area contributed by atoms with Crippen molar-refractivity contribution in [2.24, 2.45) is 0 Å². The molecule has 4 heteroatoms. The van der Waals surface area contributed by atoms with Gasteiger partial charge in [0.25, 0.3) is 0 Å². The highest BCUT2D eigenvalue weighted by molar-refractivity contribution is 5.81. The first kappa shape index (κ1) is 14.9. The monoisotopic (exact) mass is 275 g/mol. The Balaban J connectivity index is 1.87. The first-order valence-corrected chi connectivity index (χ1v) is 7.41. The maximum absolute atomic E-state index is 12.2. The minimum atomic E-state index is -0.128. The summed E-state index contributed by atoms with van der Waals surface area (Å²) in [4.78, 5) is 14.3. The van der Waals surface area contributed by atoms with Gasteiger partial charge in [0, 0.05) is 18.3 Å². The highest BCUT2D eigenvalue weighted by atomic mass is 16.2. The maximum atomic E-state index is 12.2. The van der Waals surface area contributed by atoms with Crippen LogP contribution in [0.4, 0.5) is 5.69 Å². The van der Waals surface area contributed by atoms with Crippen molar-refractivity contribution in [3.63, 3.8) is 0 Å². The molecule has 110 valence electrons. The average Bonchev–Trinajstić information content (AvgIpc) is 2.90. The van der Waals surface area contributed by atoms with Crippen molar-refractivity contribution in [3.05, 3.63) is 29.8 Å². The van der Waals surface area contributed by atoms with Crippen LogP contribution < -0.4 is 11.1 Å². The Bertz CT molecular complexity index is 455. The van der Waals surface area contributed by atoms with E-state index in [9.17, 15) is 4.79 Å². The molecule has 0 aliphatic heterocycles. The number of rotatable bonds is 5. The predicted molar refractivity (Wildman–Crippen MR) is 82.2 cm³/mol. The second-order valence-corrected chi connectivity index (χ2v) is 5.83. The van der Waals surface area contributed by atoms with E-state index in [1.54, 1.807) is 0 Å². The molecule has 1 aromatic carbocycles. The zero-order valence-corrected chi connectivity index (χ0v) is 12.4. The summed E-state index contributed by atoms with van der Waals surface area (Å²) >= 11 is 0. The van der Waals surface area contributed by atoms with Gasteiger partial charge in [0.2, 0.25) is 5.91 Å². The number of benzene rings is 1.